The number of carboxylic acids is 1. The second kappa shape index (κ2) is 5.24. The Morgan fingerprint density at radius 2 is 2.00 bits per heavy atom. The van der Waals surface area contributed by atoms with Crippen LogP contribution in [0.15, 0.2) is 51.7 Å². The molecule has 1 aromatic heterocycles. The van der Waals surface area contributed by atoms with Gasteiger partial charge in [-0.05, 0) is 37.3 Å². The molecule has 2 aromatic carbocycles. The first kappa shape index (κ1) is 16.0. The molecule has 2 unspecified atom stereocenters. The minimum atomic E-state index is -1.91. The lowest BCUT2D eigenvalue weighted by atomic mass is 9.83. The van der Waals surface area contributed by atoms with Crippen LogP contribution in [0.25, 0.3) is 16.6 Å². The summed E-state index contributed by atoms with van der Waals surface area (Å²) >= 11 is 3.34. The number of carboxylic acid groups (broad SMARTS) is 1. The Morgan fingerprint density at radius 3 is 2.72 bits per heavy atom. The Labute approximate surface area is 150 Å². The Kier molecular flexibility index (Phi) is 3.35. The summed E-state index contributed by atoms with van der Waals surface area (Å²) in [6.07, 6.45) is 0. The molecule has 3 aromatic rings. The summed E-state index contributed by atoms with van der Waals surface area (Å²) in [4.78, 5) is 29.1. The van der Waals surface area contributed by atoms with Gasteiger partial charge in [-0.1, -0.05) is 28.1 Å². The van der Waals surface area contributed by atoms with Crippen LogP contribution in [0.5, 0.6) is 0 Å². The third-order valence-electron chi connectivity index (χ3n) is 4.72. The van der Waals surface area contributed by atoms with Crippen molar-refractivity contribution in [1.29, 1.82) is 0 Å². The molecule has 4 rings (SSSR count). The Morgan fingerprint density at radius 1 is 1.28 bits per heavy atom. The highest BCUT2D eigenvalue weighted by atomic mass is 79.9. The first-order valence-corrected chi connectivity index (χ1v) is 8.43. The van der Waals surface area contributed by atoms with Crippen LogP contribution < -0.4 is 5.56 Å². The van der Waals surface area contributed by atoms with E-state index in [-0.39, 0.29) is 11.4 Å². The van der Waals surface area contributed by atoms with Gasteiger partial charge in [0.25, 0.3) is 5.56 Å². The molecule has 7 heteroatoms. The molecule has 0 saturated heterocycles. The summed E-state index contributed by atoms with van der Waals surface area (Å²) in [7, 11) is 0. The van der Waals surface area contributed by atoms with Crippen molar-refractivity contribution in [1.82, 2.24) is 9.55 Å². The number of aliphatic carboxylic acids is 1. The van der Waals surface area contributed by atoms with E-state index in [0.29, 0.717) is 26.6 Å². The van der Waals surface area contributed by atoms with Crippen LogP contribution >= 0.6 is 15.9 Å². The number of nitrogens with zero attached hydrogens (tertiary/aromatic N) is 2. The van der Waals surface area contributed by atoms with Crippen LogP contribution in [0.1, 0.15) is 18.3 Å². The number of rotatable bonds is 2. The zero-order chi connectivity index (χ0) is 17.9. The normalized spacial score (nSPS) is 19.5. The van der Waals surface area contributed by atoms with Gasteiger partial charge >= 0.3 is 5.97 Å². The maximum Gasteiger partial charge on any atom is 0.310 e. The van der Waals surface area contributed by atoms with Gasteiger partial charge in [-0.2, -0.15) is 0 Å². The molecule has 0 saturated carbocycles. The molecule has 126 valence electrons. The fraction of sp³-hybridized carbons (Fsp3) is 0.167. The zero-order valence-corrected chi connectivity index (χ0v) is 14.7. The second-order valence-corrected chi connectivity index (χ2v) is 7.00. The fourth-order valence-corrected chi connectivity index (χ4v) is 3.71. The maximum atomic E-state index is 13.0. The van der Waals surface area contributed by atoms with Crippen molar-refractivity contribution in [3.63, 3.8) is 0 Å². The number of halogens is 1. The topological polar surface area (TPSA) is 92.4 Å². The predicted octanol–water partition coefficient (Wildman–Crippen LogP) is 2.42. The van der Waals surface area contributed by atoms with E-state index in [1.54, 1.807) is 42.5 Å². The number of benzene rings is 2. The molecule has 0 fully saturated rings. The third-order valence-corrected chi connectivity index (χ3v) is 5.22. The first-order valence-electron chi connectivity index (χ1n) is 7.63. The van der Waals surface area contributed by atoms with Crippen molar-refractivity contribution in [2.24, 2.45) is 5.92 Å². The van der Waals surface area contributed by atoms with Crippen molar-refractivity contribution in [2.75, 3.05) is 0 Å². The lowest BCUT2D eigenvalue weighted by molar-refractivity contribution is -0.149. The SMILES string of the molecule is CC(C(=O)O)C1(O)c2cc(Br)ccc2-n2c1nc1ccccc1c2=O. The van der Waals surface area contributed by atoms with Crippen LogP contribution in [-0.2, 0) is 10.4 Å². The Hall–Kier alpha value is -2.51. The maximum absolute atomic E-state index is 13.0. The number of fused-ring (bicyclic) bond motifs is 4. The van der Waals surface area contributed by atoms with Gasteiger partial charge in [0, 0.05) is 10.0 Å². The van der Waals surface area contributed by atoms with Gasteiger partial charge in [-0.15, -0.1) is 0 Å². The molecule has 0 amide bonds. The first-order chi connectivity index (χ1) is 11.9. The number of hydrogen-bond acceptors (Lipinski definition) is 4. The number of aromatic nitrogens is 2. The van der Waals surface area contributed by atoms with E-state index >= 15 is 0 Å². The molecule has 1 aliphatic rings. The summed E-state index contributed by atoms with van der Waals surface area (Å²) in [5.41, 5.74) is -1.04. The summed E-state index contributed by atoms with van der Waals surface area (Å²) in [5, 5.41) is 21.4. The molecule has 25 heavy (non-hydrogen) atoms. The Bertz CT molecular complexity index is 1110. The molecule has 2 heterocycles. The lowest BCUT2D eigenvalue weighted by Crippen LogP contribution is -2.40. The van der Waals surface area contributed by atoms with Crippen molar-refractivity contribution in [3.8, 4) is 5.69 Å². The van der Waals surface area contributed by atoms with Gasteiger partial charge < -0.3 is 10.2 Å². The van der Waals surface area contributed by atoms with Gasteiger partial charge in [0.2, 0.25) is 0 Å². The molecule has 0 radical (unpaired) electrons. The number of hydrogen-bond donors (Lipinski definition) is 2. The average Bonchev–Trinajstić information content (AvgIpc) is 2.84. The summed E-state index contributed by atoms with van der Waals surface area (Å²) in [6, 6.07) is 11.9. The third kappa shape index (κ3) is 2.03. The number of para-hydroxylation sites is 1. The van der Waals surface area contributed by atoms with E-state index < -0.39 is 17.5 Å². The standard InChI is InChI=1S/C18H13BrN2O4/c1-9(16(23)24)18(25)12-8-10(19)6-7-14(12)21-15(22)11-4-2-3-5-13(11)20-17(18)21/h2-9,25H,1H3,(H,23,24). The summed E-state index contributed by atoms with van der Waals surface area (Å²) in [5.74, 6) is -2.34. The zero-order valence-electron chi connectivity index (χ0n) is 13.1. The van der Waals surface area contributed by atoms with Crippen molar-refractivity contribution in [3.05, 3.63) is 68.7 Å². The summed E-state index contributed by atoms with van der Waals surface area (Å²) < 4.78 is 1.98. The highest BCUT2D eigenvalue weighted by Crippen LogP contribution is 2.45. The fourth-order valence-electron chi connectivity index (χ4n) is 3.35. The number of aliphatic hydroxyl groups is 1. The van der Waals surface area contributed by atoms with Crippen molar-refractivity contribution < 1.29 is 15.0 Å². The lowest BCUT2D eigenvalue weighted by Gasteiger charge is -2.27. The molecule has 1 aliphatic heterocycles. The van der Waals surface area contributed by atoms with Crippen LogP contribution in [0, 0.1) is 5.92 Å². The molecule has 0 aliphatic carbocycles. The molecule has 2 atom stereocenters. The number of carbonyl (C=O) groups is 1. The predicted molar refractivity (Wildman–Crippen MR) is 94.8 cm³/mol. The van der Waals surface area contributed by atoms with Crippen molar-refractivity contribution in [2.45, 2.75) is 12.5 Å². The monoisotopic (exact) mass is 400 g/mol. The van der Waals surface area contributed by atoms with E-state index in [4.69, 9.17) is 0 Å². The molecular weight excluding hydrogens is 388 g/mol. The van der Waals surface area contributed by atoms with Gasteiger partial charge in [-0.3, -0.25) is 14.2 Å². The van der Waals surface area contributed by atoms with Gasteiger partial charge in [0.1, 0.15) is 0 Å². The molecule has 0 bridgehead atoms. The van der Waals surface area contributed by atoms with E-state index in [9.17, 15) is 19.8 Å². The van der Waals surface area contributed by atoms with Gasteiger partial charge in [0.15, 0.2) is 11.4 Å². The van der Waals surface area contributed by atoms with Gasteiger partial charge in [0.05, 0.1) is 22.5 Å². The van der Waals surface area contributed by atoms with Gasteiger partial charge in [-0.25, -0.2) is 4.98 Å². The van der Waals surface area contributed by atoms with Crippen LogP contribution in [-0.4, -0.2) is 25.7 Å². The smallest absolute Gasteiger partial charge is 0.310 e. The summed E-state index contributed by atoms with van der Waals surface area (Å²) in [6.45, 7) is 1.41. The van der Waals surface area contributed by atoms with E-state index in [1.807, 2.05) is 0 Å². The van der Waals surface area contributed by atoms with Crippen LogP contribution in [0.4, 0.5) is 0 Å². The minimum absolute atomic E-state index is 0.0270. The minimum Gasteiger partial charge on any atom is -0.481 e. The van der Waals surface area contributed by atoms with E-state index in [1.165, 1.54) is 11.5 Å². The van der Waals surface area contributed by atoms with E-state index in [2.05, 4.69) is 20.9 Å². The largest absolute Gasteiger partial charge is 0.481 e. The molecular formula is C18H13BrN2O4. The molecule has 2 N–H and O–H groups in total. The van der Waals surface area contributed by atoms with Crippen molar-refractivity contribution >= 4 is 32.8 Å². The molecule has 6 nitrogen and oxygen atoms in total. The Balaban J connectivity index is 2.19. The van der Waals surface area contributed by atoms with E-state index in [0.717, 1.165) is 0 Å². The highest BCUT2D eigenvalue weighted by Gasteiger charge is 2.51. The van der Waals surface area contributed by atoms with Crippen LogP contribution in [0.3, 0.4) is 0 Å². The molecule has 0 spiro atoms. The average molecular weight is 401 g/mol. The van der Waals surface area contributed by atoms with Crippen LogP contribution in [0.2, 0.25) is 0 Å². The quantitative estimate of drug-likeness (QED) is 0.688. The second-order valence-electron chi connectivity index (χ2n) is 6.08. The highest BCUT2D eigenvalue weighted by molar-refractivity contribution is 9.10.